The van der Waals surface area contributed by atoms with E-state index < -0.39 is 11.8 Å². The van der Waals surface area contributed by atoms with Crippen LogP contribution in [0, 0.1) is 0 Å². The fourth-order valence-electron chi connectivity index (χ4n) is 2.83. The number of carbonyl (C=O) groups is 2. The van der Waals surface area contributed by atoms with Crippen molar-refractivity contribution in [1.29, 1.82) is 0 Å². The summed E-state index contributed by atoms with van der Waals surface area (Å²) in [7, 11) is 0. The van der Waals surface area contributed by atoms with Crippen LogP contribution >= 0.6 is 23.8 Å². The van der Waals surface area contributed by atoms with Crippen molar-refractivity contribution in [3.8, 4) is 0 Å². The molecule has 28 heavy (non-hydrogen) atoms. The van der Waals surface area contributed by atoms with E-state index >= 15 is 0 Å². The lowest BCUT2D eigenvalue weighted by molar-refractivity contribution is -0.122. The summed E-state index contributed by atoms with van der Waals surface area (Å²) in [5.74, 6) is -1.34. The van der Waals surface area contributed by atoms with Gasteiger partial charge in [-0.2, -0.15) is 0 Å². The monoisotopic (exact) mass is 410 g/mol. The number of anilines is 1. The van der Waals surface area contributed by atoms with Crippen LogP contribution in [0.2, 0.25) is 5.02 Å². The van der Waals surface area contributed by atoms with E-state index in [9.17, 15) is 14.4 Å². The summed E-state index contributed by atoms with van der Waals surface area (Å²) >= 11 is 11.0. The topological polar surface area (TPSA) is 79.6 Å². The Bertz CT molecular complexity index is 1230. The maximum Gasteiger partial charge on any atom is 0.270 e. The summed E-state index contributed by atoms with van der Waals surface area (Å²) in [5.41, 5.74) is 0.363. The Morgan fingerprint density at radius 2 is 1.75 bits per heavy atom. The van der Waals surface area contributed by atoms with Crippen LogP contribution in [-0.2, 0) is 9.59 Å². The molecule has 3 aromatic rings. The molecule has 0 radical (unpaired) electrons. The molecule has 0 unspecified atom stereocenters. The Kier molecular flexibility index (Phi) is 4.54. The Labute approximate surface area is 169 Å². The number of thiocarbonyl (C=S) groups is 1. The van der Waals surface area contributed by atoms with Crippen LogP contribution in [-0.4, -0.2) is 16.9 Å². The minimum atomic E-state index is -0.687. The third-order valence-electron chi connectivity index (χ3n) is 4.19. The van der Waals surface area contributed by atoms with Crippen molar-refractivity contribution < 1.29 is 14.0 Å². The quantitative estimate of drug-likeness (QED) is 0.398. The second-order valence-corrected chi connectivity index (χ2v) is 6.77. The van der Waals surface area contributed by atoms with Crippen molar-refractivity contribution in [2.24, 2.45) is 0 Å². The first-order valence-corrected chi connectivity index (χ1v) is 8.92. The number of rotatable bonds is 2. The van der Waals surface area contributed by atoms with Crippen LogP contribution < -0.4 is 15.6 Å². The molecule has 0 bridgehead atoms. The highest BCUT2D eigenvalue weighted by atomic mass is 35.5. The normalized spacial score (nSPS) is 16.0. The number of halogens is 1. The van der Waals surface area contributed by atoms with Crippen LogP contribution in [0.3, 0.4) is 0 Å². The fraction of sp³-hybridized carbons (Fsp3) is 0. The molecule has 0 spiro atoms. The highest BCUT2D eigenvalue weighted by molar-refractivity contribution is 7.80. The molecule has 2 aromatic carbocycles. The molecular weight excluding hydrogens is 400 g/mol. The lowest BCUT2D eigenvalue weighted by atomic mass is 10.1. The third kappa shape index (κ3) is 3.11. The number of fused-ring (bicyclic) bond motifs is 1. The third-order valence-corrected chi connectivity index (χ3v) is 4.73. The van der Waals surface area contributed by atoms with Gasteiger partial charge in [0, 0.05) is 5.02 Å². The SMILES string of the molecule is O=C1NC(=S)N(c2ccc(Cl)cc2)C(=O)C1=Cc1coc2ccccc2c1=O. The standard InChI is InChI=1S/C20H11ClN2O4S/c21-12-5-7-13(8-6-12)23-19(26)15(18(25)22-20(23)28)9-11-10-27-16-4-2-1-3-14(16)17(11)24/h1-10H,(H,22,25,28). The number of amides is 2. The average Bonchev–Trinajstić information content (AvgIpc) is 2.68. The van der Waals surface area contributed by atoms with E-state index in [0.717, 1.165) is 0 Å². The van der Waals surface area contributed by atoms with E-state index in [1.165, 1.54) is 17.2 Å². The molecule has 0 atom stereocenters. The van der Waals surface area contributed by atoms with Gasteiger partial charge in [0.25, 0.3) is 11.8 Å². The van der Waals surface area contributed by atoms with Gasteiger partial charge in [0.15, 0.2) is 10.5 Å². The number of benzene rings is 2. The molecule has 1 aromatic heterocycles. The second-order valence-electron chi connectivity index (χ2n) is 5.95. The van der Waals surface area contributed by atoms with Crippen LogP contribution in [0.5, 0.6) is 0 Å². The largest absolute Gasteiger partial charge is 0.463 e. The predicted octanol–water partition coefficient (Wildman–Crippen LogP) is 3.28. The van der Waals surface area contributed by atoms with E-state index in [2.05, 4.69) is 5.32 Å². The molecule has 1 aliphatic rings. The molecule has 2 amide bonds. The molecule has 2 heterocycles. The molecule has 1 fully saturated rings. The first-order chi connectivity index (χ1) is 13.5. The van der Waals surface area contributed by atoms with Crippen molar-refractivity contribution in [2.75, 3.05) is 4.90 Å². The van der Waals surface area contributed by atoms with Gasteiger partial charge in [-0.25, -0.2) is 0 Å². The molecule has 6 nitrogen and oxygen atoms in total. The fourth-order valence-corrected chi connectivity index (χ4v) is 3.24. The minimum absolute atomic E-state index is 0.0555. The summed E-state index contributed by atoms with van der Waals surface area (Å²) < 4.78 is 5.44. The summed E-state index contributed by atoms with van der Waals surface area (Å²) in [6.45, 7) is 0. The zero-order valence-corrected chi connectivity index (χ0v) is 15.7. The minimum Gasteiger partial charge on any atom is -0.463 e. The van der Waals surface area contributed by atoms with Gasteiger partial charge in [-0.05, 0) is 54.7 Å². The Morgan fingerprint density at radius 3 is 2.50 bits per heavy atom. The molecule has 8 heteroatoms. The molecular formula is C20H11ClN2O4S. The number of para-hydroxylation sites is 1. The zero-order chi connectivity index (χ0) is 19.8. The summed E-state index contributed by atoms with van der Waals surface area (Å²) in [5, 5.41) is 3.25. The second kappa shape index (κ2) is 7.03. The number of hydrogen-bond acceptors (Lipinski definition) is 5. The number of nitrogens with one attached hydrogen (secondary N) is 1. The van der Waals surface area contributed by atoms with Gasteiger partial charge >= 0.3 is 0 Å². The molecule has 1 aliphatic heterocycles. The summed E-state index contributed by atoms with van der Waals surface area (Å²) in [6, 6.07) is 13.1. The van der Waals surface area contributed by atoms with Gasteiger partial charge in [0.05, 0.1) is 16.6 Å². The van der Waals surface area contributed by atoms with Gasteiger partial charge in [-0.1, -0.05) is 23.7 Å². The Hall–Kier alpha value is -3.29. The Morgan fingerprint density at radius 1 is 1.04 bits per heavy atom. The zero-order valence-electron chi connectivity index (χ0n) is 14.1. The Balaban J connectivity index is 1.80. The average molecular weight is 411 g/mol. The highest BCUT2D eigenvalue weighted by Crippen LogP contribution is 2.23. The van der Waals surface area contributed by atoms with Crippen LogP contribution in [0.1, 0.15) is 5.56 Å². The summed E-state index contributed by atoms with van der Waals surface area (Å²) in [4.78, 5) is 39.1. The van der Waals surface area contributed by atoms with Crippen molar-refractivity contribution in [3.05, 3.63) is 81.2 Å². The van der Waals surface area contributed by atoms with Crippen LogP contribution in [0.4, 0.5) is 5.69 Å². The van der Waals surface area contributed by atoms with E-state index in [1.807, 2.05) is 0 Å². The maximum absolute atomic E-state index is 13.0. The van der Waals surface area contributed by atoms with Gasteiger partial charge in [-0.15, -0.1) is 0 Å². The highest BCUT2D eigenvalue weighted by Gasteiger charge is 2.34. The summed E-state index contributed by atoms with van der Waals surface area (Å²) in [6.07, 6.45) is 2.43. The van der Waals surface area contributed by atoms with Crippen molar-refractivity contribution in [1.82, 2.24) is 5.32 Å². The first kappa shape index (κ1) is 18.1. The first-order valence-electron chi connectivity index (χ1n) is 8.13. The molecule has 0 aliphatic carbocycles. The van der Waals surface area contributed by atoms with Crippen molar-refractivity contribution >= 4 is 63.5 Å². The van der Waals surface area contributed by atoms with E-state index in [-0.39, 0.29) is 21.7 Å². The number of carbonyl (C=O) groups excluding carboxylic acids is 2. The van der Waals surface area contributed by atoms with Crippen molar-refractivity contribution in [2.45, 2.75) is 0 Å². The molecule has 4 rings (SSSR count). The molecule has 138 valence electrons. The van der Waals surface area contributed by atoms with E-state index in [0.29, 0.717) is 21.7 Å². The van der Waals surface area contributed by atoms with Crippen LogP contribution in [0.15, 0.2) is 69.6 Å². The van der Waals surface area contributed by atoms with Crippen molar-refractivity contribution in [3.63, 3.8) is 0 Å². The van der Waals surface area contributed by atoms with E-state index in [4.69, 9.17) is 28.2 Å². The molecule has 1 saturated heterocycles. The van der Waals surface area contributed by atoms with E-state index in [1.54, 1.807) is 48.5 Å². The van der Waals surface area contributed by atoms with Crippen LogP contribution in [0.25, 0.3) is 17.0 Å². The number of nitrogens with zero attached hydrogens (tertiary/aromatic N) is 1. The van der Waals surface area contributed by atoms with Gasteiger partial charge in [0.2, 0.25) is 0 Å². The van der Waals surface area contributed by atoms with Gasteiger partial charge in [-0.3, -0.25) is 24.6 Å². The van der Waals surface area contributed by atoms with Gasteiger partial charge in [0.1, 0.15) is 17.4 Å². The smallest absolute Gasteiger partial charge is 0.270 e. The number of hydrogen-bond donors (Lipinski definition) is 1. The lowest BCUT2D eigenvalue weighted by Crippen LogP contribution is -2.54. The molecule has 1 N–H and O–H groups in total. The molecule has 0 saturated carbocycles. The lowest BCUT2D eigenvalue weighted by Gasteiger charge is -2.28. The predicted molar refractivity (Wildman–Crippen MR) is 110 cm³/mol. The maximum atomic E-state index is 13.0. The van der Waals surface area contributed by atoms with Gasteiger partial charge < -0.3 is 4.42 Å².